The summed E-state index contributed by atoms with van der Waals surface area (Å²) < 4.78 is 0. The zero-order valence-corrected chi connectivity index (χ0v) is 12.0. The van der Waals surface area contributed by atoms with E-state index in [2.05, 4.69) is 21.7 Å². The lowest BCUT2D eigenvalue weighted by atomic mass is 10.1. The van der Waals surface area contributed by atoms with Crippen LogP contribution in [-0.4, -0.2) is 10.9 Å². The van der Waals surface area contributed by atoms with Gasteiger partial charge in [0.05, 0.1) is 10.6 Å². The number of amides is 1. The van der Waals surface area contributed by atoms with Gasteiger partial charge in [-0.2, -0.15) is 0 Å². The van der Waals surface area contributed by atoms with Gasteiger partial charge in [-0.3, -0.25) is 10.1 Å². The molecule has 2 aliphatic rings. The molecule has 2 heterocycles. The number of rotatable bonds is 4. The van der Waals surface area contributed by atoms with E-state index in [1.165, 1.54) is 53.9 Å². The molecule has 2 aromatic heterocycles. The molecule has 4 rings (SSSR count). The van der Waals surface area contributed by atoms with Crippen LogP contribution >= 0.6 is 22.7 Å². The van der Waals surface area contributed by atoms with Crippen LogP contribution < -0.4 is 5.32 Å². The Morgan fingerprint density at radius 1 is 1.21 bits per heavy atom. The molecule has 0 aliphatic heterocycles. The fourth-order valence-corrected chi connectivity index (χ4v) is 3.95. The van der Waals surface area contributed by atoms with Crippen molar-refractivity contribution in [1.82, 2.24) is 4.98 Å². The second kappa shape index (κ2) is 4.42. The maximum Gasteiger partial charge on any atom is 0.267 e. The third kappa shape index (κ3) is 2.32. The van der Waals surface area contributed by atoms with Gasteiger partial charge in [0, 0.05) is 11.3 Å². The van der Waals surface area contributed by atoms with E-state index >= 15 is 0 Å². The van der Waals surface area contributed by atoms with Crippen molar-refractivity contribution >= 4 is 33.7 Å². The largest absolute Gasteiger partial charge is 0.297 e. The fraction of sp³-hybridized carbons (Fsp3) is 0.429. The van der Waals surface area contributed by atoms with Gasteiger partial charge in [-0.05, 0) is 48.6 Å². The maximum atomic E-state index is 12.3. The normalized spacial score (nSPS) is 18.5. The summed E-state index contributed by atoms with van der Waals surface area (Å²) in [4.78, 5) is 17.7. The predicted molar refractivity (Wildman–Crippen MR) is 78.3 cm³/mol. The molecule has 2 fully saturated rings. The highest BCUT2D eigenvalue weighted by atomic mass is 32.1. The van der Waals surface area contributed by atoms with E-state index in [1.807, 2.05) is 5.38 Å². The van der Waals surface area contributed by atoms with Crippen LogP contribution in [0.4, 0.5) is 5.13 Å². The minimum Gasteiger partial charge on any atom is -0.297 e. The van der Waals surface area contributed by atoms with Gasteiger partial charge in [0.15, 0.2) is 5.13 Å². The van der Waals surface area contributed by atoms with Gasteiger partial charge in [-0.25, -0.2) is 4.98 Å². The minimum atomic E-state index is 0.00796. The Morgan fingerprint density at radius 3 is 2.74 bits per heavy atom. The molecule has 2 aliphatic carbocycles. The standard InChI is InChI=1S/C14H14N2OS2/c17-13(12-10(5-6-18-12)8-1-2-8)16-14-15-11(7-19-14)9-3-4-9/h5-9H,1-4H2,(H,15,16,17). The molecular formula is C14H14N2OS2. The van der Waals surface area contributed by atoms with E-state index in [0.29, 0.717) is 11.8 Å². The molecular weight excluding hydrogens is 276 g/mol. The van der Waals surface area contributed by atoms with Crippen molar-refractivity contribution in [3.05, 3.63) is 33.0 Å². The molecule has 0 aromatic carbocycles. The van der Waals surface area contributed by atoms with Crippen LogP contribution in [0.25, 0.3) is 0 Å². The van der Waals surface area contributed by atoms with Crippen molar-refractivity contribution < 1.29 is 4.79 Å². The molecule has 0 saturated heterocycles. The highest BCUT2D eigenvalue weighted by Crippen LogP contribution is 2.44. The Kier molecular flexibility index (Phi) is 2.70. The summed E-state index contributed by atoms with van der Waals surface area (Å²) in [5.41, 5.74) is 2.37. The highest BCUT2D eigenvalue weighted by Gasteiger charge is 2.29. The lowest BCUT2D eigenvalue weighted by molar-refractivity contribution is 0.102. The quantitative estimate of drug-likeness (QED) is 0.916. The first-order chi connectivity index (χ1) is 9.31. The van der Waals surface area contributed by atoms with Crippen LogP contribution in [0.1, 0.15) is 58.4 Å². The molecule has 0 spiro atoms. The molecule has 1 N–H and O–H groups in total. The second-order valence-corrected chi connectivity index (χ2v) is 7.06. The van der Waals surface area contributed by atoms with Gasteiger partial charge in [0.1, 0.15) is 0 Å². The SMILES string of the molecule is O=C(Nc1nc(C2CC2)cs1)c1sccc1C1CC1. The van der Waals surface area contributed by atoms with E-state index in [1.54, 1.807) is 0 Å². The first-order valence-electron chi connectivity index (χ1n) is 6.65. The molecule has 0 bridgehead atoms. The summed E-state index contributed by atoms with van der Waals surface area (Å²) in [5, 5.41) is 7.77. The topological polar surface area (TPSA) is 42.0 Å². The van der Waals surface area contributed by atoms with Crippen LogP contribution in [0.2, 0.25) is 0 Å². The number of carbonyl (C=O) groups excluding carboxylic acids is 1. The van der Waals surface area contributed by atoms with Crippen molar-refractivity contribution in [2.24, 2.45) is 0 Å². The smallest absolute Gasteiger partial charge is 0.267 e. The zero-order valence-electron chi connectivity index (χ0n) is 10.4. The number of hydrogen-bond acceptors (Lipinski definition) is 4. The Hall–Kier alpha value is -1.20. The van der Waals surface area contributed by atoms with E-state index in [0.717, 1.165) is 15.7 Å². The van der Waals surface area contributed by atoms with Gasteiger partial charge in [-0.15, -0.1) is 22.7 Å². The van der Waals surface area contributed by atoms with Crippen molar-refractivity contribution in [2.75, 3.05) is 5.32 Å². The molecule has 98 valence electrons. The van der Waals surface area contributed by atoms with Crippen LogP contribution in [0, 0.1) is 0 Å². The number of anilines is 1. The molecule has 0 atom stereocenters. The van der Waals surface area contributed by atoms with E-state index in [4.69, 9.17) is 0 Å². The average Bonchev–Trinajstić information content (AvgIpc) is 3.34. The van der Waals surface area contributed by atoms with Gasteiger partial charge in [0.25, 0.3) is 5.91 Å². The minimum absolute atomic E-state index is 0.00796. The fourth-order valence-electron chi connectivity index (χ4n) is 2.28. The van der Waals surface area contributed by atoms with Crippen molar-refractivity contribution in [2.45, 2.75) is 37.5 Å². The summed E-state index contributed by atoms with van der Waals surface area (Å²) in [5.74, 6) is 1.27. The number of thiazole rings is 1. The Balaban J connectivity index is 1.51. The van der Waals surface area contributed by atoms with Crippen LogP contribution in [0.5, 0.6) is 0 Å². The predicted octanol–water partition coefficient (Wildman–Crippen LogP) is 4.21. The van der Waals surface area contributed by atoms with E-state index in [9.17, 15) is 4.79 Å². The first-order valence-corrected chi connectivity index (χ1v) is 8.41. The molecule has 3 nitrogen and oxygen atoms in total. The van der Waals surface area contributed by atoms with Crippen LogP contribution in [0.3, 0.4) is 0 Å². The van der Waals surface area contributed by atoms with Gasteiger partial charge in [-0.1, -0.05) is 0 Å². The molecule has 5 heteroatoms. The summed E-state index contributed by atoms with van der Waals surface area (Å²) in [6, 6.07) is 2.09. The Labute approximate surface area is 119 Å². The lowest BCUT2D eigenvalue weighted by Crippen LogP contribution is -2.11. The van der Waals surface area contributed by atoms with Crippen LogP contribution in [-0.2, 0) is 0 Å². The molecule has 2 saturated carbocycles. The molecule has 2 aromatic rings. The monoisotopic (exact) mass is 290 g/mol. The van der Waals surface area contributed by atoms with Gasteiger partial charge in [0.2, 0.25) is 0 Å². The van der Waals surface area contributed by atoms with Crippen LogP contribution in [0.15, 0.2) is 16.8 Å². The Bertz CT molecular complexity index is 623. The molecule has 19 heavy (non-hydrogen) atoms. The van der Waals surface area contributed by atoms with Crippen molar-refractivity contribution in [3.63, 3.8) is 0 Å². The number of hydrogen-bond donors (Lipinski definition) is 1. The van der Waals surface area contributed by atoms with E-state index < -0.39 is 0 Å². The van der Waals surface area contributed by atoms with Gasteiger partial charge < -0.3 is 0 Å². The Morgan fingerprint density at radius 2 is 2.00 bits per heavy atom. The third-order valence-electron chi connectivity index (χ3n) is 3.66. The zero-order chi connectivity index (χ0) is 12.8. The summed E-state index contributed by atoms with van der Waals surface area (Å²) in [6.07, 6.45) is 4.93. The van der Waals surface area contributed by atoms with Crippen molar-refractivity contribution in [1.29, 1.82) is 0 Å². The number of thiophene rings is 1. The number of nitrogens with zero attached hydrogens (tertiary/aromatic N) is 1. The number of carbonyl (C=O) groups is 1. The van der Waals surface area contributed by atoms with Gasteiger partial charge >= 0.3 is 0 Å². The first kappa shape index (κ1) is 11.6. The van der Waals surface area contributed by atoms with Crippen molar-refractivity contribution in [3.8, 4) is 0 Å². The van der Waals surface area contributed by atoms with E-state index in [-0.39, 0.29) is 5.91 Å². The summed E-state index contributed by atoms with van der Waals surface area (Å²) >= 11 is 3.07. The number of aromatic nitrogens is 1. The third-order valence-corrected chi connectivity index (χ3v) is 5.36. The second-order valence-electron chi connectivity index (χ2n) is 5.29. The maximum absolute atomic E-state index is 12.3. The molecule has 0 radical (unpaired) electrons. The number of nitrogens with one attached hydrogen (secondary N) is 1. The molecule has 1 amide bonds. The highest BCUT2D eigenvalue weighted by molar-refractivity contribution is 7.14. The average molecular weight is 290 g/mol. The lowest BCUT2D eigenvalue weighted by Gasteiger charge is -2.02. The molecule has 0 unspecified atom stereocenters. The summed E-state index contributed by atoms with van der Waals surface area (Å²) in [7, 11) is 0. The summed E-state index contributed by atoms with van der Waals surface area (Å²) in [6.45, 7) is 0.